The number of hydrogen-bond donors (Lipinski definition) is 2. The van der Waals surface area contributed by atoms with E-state index in [0.29, 0.717) is 25.9 Å². The number of ether oxygens (including phenoxy) is 2. The Labute approximate surface area is 260 Å². The lowest BCUT2D eigenvalue weighted by atomic mass is 9.55. The molecule has 11 nitrogen and oxygen atoms in total. The summed E-state index contributed by atoms with van der Waals surface area (Å²) in [6, 6.07) is 17.9. The van der Waals surface area contributed by atoms with E-state index in [2.05, 4.69) is 0 Å². The zero-order valence-corrected chi connectivity index (χ0v) is 25.0. The molecule has 0 unspecified atom stereocenters. The number of rotatable bonds is 7. The number of amides is 2. The van der Waals surface area contributed by atoms with E-state index >= 15 is 0 Å². The zero-order chi connectivity index (χ0) is 30.4. The molecule has 220 valence electrons. The highest BCUT2D eigenvalue weighted by Crippen LogP contribution is 2.52. The summed E-state index contributed by atoms with van der Waals surface area (Å²) in [4.78, 5) is 39.8. The predicted molar refractivity (Wildman–Crippen MR) is 163 cm³/mol. The number of carbonyl (C=O) groups excluding carboxylic acids is 2. The van der Waals surface area contributed by atoms with Gasteiger partial charge >= 0.3 is 7.12 Å². The molecule has 2 amide bonds. The second kappa shape index (κ2) is 11.6. The maximum absolute atomic E-state index is 14.0. The number of anilines is 1. The number of benzene rings is 3. The largest absolute Gasteiger partial charge is 0.504 e. The van der Waals surface area contributed by atoms with Crippen molar-refractivity contribution < 1.29 is 38.8 Å². The summed E-state index contributed by atoms with van der Waals surface area (Å²) < 4.78 is 18.0. The second-order valence-corrected chi connectivity index (χ2v) is 11.8. The smallest absolute Gasteiger partial charge is 0.487 e. The molecule has 1 aliphatic carbocycles. The molecule has 3 aromatic carbocycles. The number of non-ortho nitro benzene ring substituents is 1. The molecule has 0 aromatic heterocycles. The van der Waals surface area contributed by atoms with E-state index in [-0.39, 0.29) is 42.3 Å². The number of methoxy groups -OCH3 is 1. The Morgan fingerprint density at radius 1 is 1.09 bits per heavy atom. The van der Waals surface area contributed by atoms with Gasteiger partial charge in [0.15, 0.2) is 11.5 Å². The van der Waals surface area contributed by atoms with Gasteiger partial charge in [-0.2, -0.15) is 0 Å². The van der Waals surface area contributed by atoms with E-state index < -0.39 is 47.7 Å². The number of nitrogens with zero attached hydrogens (tertiary/aromatic N) is 2. The number of phenolic OH excluding ortho intramolecular Hbond substituents is 1. The lowest BCUT2D eigenvalue weighted by molar-refractivity contribution is -0.384. The molecule has 2 heterocycles. The molecule has 4 atom stereocenters. The molecule has 0 bridgehead atoms. The topological polar surface area (TPSA) is 149 Å². The van der Waals surface area contributed by atoms with Gasteiger partial charge in [0.25, 0.3) is 5.69 Å². The average Bonchev–Trinajstić information content (AvgIpc) is 3.26. The molecule has 0 radical (unpaired) electrons. The fourth-order valence-electron chi connectivity index (χ4n) is 6.38. The van der Waals surface area contributed by atoms with Crippen LogP contribution < -0.4 is 14.4 Å². The number of imide groups is 1. The third kappa shape index (κ3) is 5.25. The summed E-state index contributed by atoms with van der Waals surface area (Å²) in [7, 11) is 0.0499. The van der Waals surface area contributed by atoms with Gasteiger partial charge in [-0.3, -0.25) is 19.7 Å². The van der Waals surface area contributed by atoms with E-state index in [1.54, 1.807) is 24.3 Å². The van der Waals surface area contributed by atoms with Crippen LogP contribution in [0.2, 0.25) is 0 Å². The van der Waals surface area contributed by atoms with Crippen LogP contribution in [0.3, 0.4) is 0 Å². The molecular formula is C30H26BIN2O9. The van der Waals surface area contributed by atoms with Crippen molar-refractivity contribution in [3.05, 3.63) is 97.0 Å². The average molecular weight is 696 g/mol. The van der Waals surface area contributed by atoms with Crippen molar-refractivity contribution in [2.24, 2.45) is 17.8 Å². The lowest BCUT2D eigenvalue weighted by Crippen LogP contribution is -2.45. The van der Waals surface area contributed by atoms with Crippen LogP contribution in [0.1, 0.15) is 24.5 Å². The highest BCUT2D eigenvalue weighted by Gasteiger charge is 2.58. The lowest BCUT2D eigenvalue weighted by Gasteiger charge is -2.42. The number of allylic oxidation sites excluding steroid dienone is 1. The Hall–Kier alpha value is -3.95. The van der Waals surface area contributed by atoms with Gasteiger partial charge in [-0.05, 0) is 88.3 Å². The van der Waals surface area contributed by atoms with Crippen LogP contribution in [0.15, 0.2) is 77.8 Å². The molecule has 6 rings (SSSR count). The first kappa shape index (κ1) is 29.1. The summed E-state index contributed by atoms with van der Waals surface area (Å²) in [6.07, 6.45) is -0.264. The maximum atomic E-state index is 14.0. The maximum Gasteiger partial charge on any atom is 0.487 e. The number of halogens is 1. The van der Waals surface area contributed by atoms with Gasteiger partial charge in [0, 0.05) is 12.1 Å². The third-order valence-corrected chi connectivity index (χ3v) is 9.13. The van der Waals surface area contributed by atoms with E-state index in [0.717, 1.165) is 4.90 Å². The monoisotopic (exact) mass is 696 g/mol. The van der Waals surface area contributed by atoms with Crippen molar-refractivity contribution in [2.75, 3.05) is 18.6 Å². The van der Waals surface area contributed by atoms with E-state index in [9.17, 15) is 29.8 Å². The third-order valence-electron chi connectivity index (χ3n) is 8.31. The normalized spacial score (nSPS) is 23.2. The van der Waals surface area contributed by atoms with Gasteiger partial charge in [-0.1, -0.05) is 24.3 Å². The second-order valence-electron chi connectivity index (χ2n) is 10.7. The molecule has 2 fully saturated rings. The van der Waals surface area contributed by atoms with Crippen molar-refractivity contribution in [1.82, 2.24) is 0 Å². The molecule has 0 spiro atoms. The van der Waals surface area contributed by atoms with Crippen molar-refractivity contribution in [2.45, 2.75) is 18.9 Å². The van der Waals surface area contributed by atoms with Gasteiger partial charge < -0.3 is 24.3 Å². The van der Waals surface area contributed by atoms with Crippen molar-refractivity contribution in [3.8, 4) is 17.2 Å². The Kier molecular flexibility index (Phi) is 7.88. The molecular weight excluding hydrogens is 670 g/mol. The minimum Gasteiger partial charge on any atom is -0.504 e. The van der Waals surface area contributed by atoms with Crippen LogP contribution in [0.25, 0.3) is 0 Å². The van der Waals surface area contributed by atoms with Crippen molar-refractivity contribution in [3.63, 3.8) is 0 Å². The van der Waals surface area contributed by atoms with Crippen LogP contribution in [0.5, 0.6) is 17.2 Å². The van der Waals surface area contributed by atoms with Crippen LogP contribution in [0.4, 0.5) is 11.4 Å². The molecule has 0 saturated carbocycles. The van der Waals surface area contributed by atoms with E-state index in [4.69, 9.17) is 14.1 Å². The highest BCUT2D eigenvalue weighted by atomic mass is 127. The summed E-state index contributed by atoms with van der Waals surface area (Å²) in [6.45, 7) is 0.0767. The summed E-state index contributed by atoms with van der Waals surface area (Å²) >= 11 is 1.98. The number of hydrogen-bond acceptors (Lipinski definition) is 9. The van der Waals surface area contributed by atoms with Crippen LogP contribution in [-0.2, 0) is 14.2 Å². The first-order chi connectivity index (χ1) is 20.7. The minimum absolute atomic E-state index is 0.0222. The summed E-state index contributed by atoms with van der Waals surface area (Å²) in [5.74, 6) is -2.26. The van der Waals surface area contributed by atoms with Gasteiger partial charge in [0.2, 0.25) is 11.8 Å². The SMILES string of the molecule is COc1cc([C@@H]2C[C@@H]3C(=C(COc4ccccc4)C[C@@H]4C(=O)N(c5cccc([N+](=O)[O-])c5)C(=O)[C@@H]43)B(O)O2)cc(I)c1O. The Morgan fingerprint density at radius 3 is 2.58 bits per heavy atom. The first-order valence-corrected chi connectivity index (χ1v) is 14.7. The number of phenols is 1. The molecule has 13 heteroatoms. The van der Waals surface area contributed by atoms with E-state index in [1.165, 1.54) is 31.4 Å². The Balaban J connectivity index is 1.40. The Morgan fingerprint density at radius 2 is 1.86 bits per heavy atom. The van der Waals surface area contributed by atoms with Gasteiger partial charge in [-0.15, -0.1) is 0 Å². The van der Waals surface area contributed by atoms with E-state index in [1.807, 2.05) is 40.8 Å². The predicted octanol–water partition coefficient (Wildman–Crippen LogP) is 4.60. The minimum atomic E-state index is -1.38. The van der Waals surface area contributed by atoms with Crippen molar-refractivity contribution >= 4 is 52.9 Å². The van der Waals surface area contributed by atoms with Crippen LogP contribution in [0, 0.1) is 31.4 Å². The molecule has 2 N–H and O–H groups in total. The van der Waals surface area contributed by atoms with Gasteiger partial charge in [0.1, 0.15) is 12.4 Å². The fourth-order valence-corrected chi connectivity index (χ4v) is 7.01. The number of aromatic hydroxyl groups is 1. The van der Waals surface area contributed by atoms with Gasteiger partial charge in [0.05, 0.1) is 39.2 Å². The number of carbonyl (C=O) groups is 2. The molecule has 3 aromatic rings. The Bertz CT molecular complexity index is 1650. The number of para-hydroxylation sites is 1. The first-order valence-electron chi connectivity index (χ1n) is 13.6. The number of fused-ring (bicyclic) bond motifs is 3. The highest BCUT2D eigenvalue weighted by molar-refractivity contribution is 14.1. The molecule has 3 aliphatic rings. The van der Waals surface area contributed by atoms with Crippen LogP contribution in [-0.4, -0.2) is 47.7 Å². The number of nitro benzene ring substituents is 1. The van der Waals surface area contributed by atoms with Crippen molar-refractivity contribution in [1.29, 1.82) is 0 Å². The fraction of sp³-hybridized carbons (Fsp3) is 0.267. The molecule has 2 aliphatic heterocycles. The quantitative estimate of drug-likeness (QED) is 0.119. The zero-order valence-electron chi connectivity index (χ0n) is 22.9. The van der Waals surface area contributed by atoms with Gasteiger partial charge in [-0.25, -0.2) is 4.90 Å². The molecule has 2 saturated heterocycles. The molecule has 43 heavy (non-hydrogen) atoms. The standard InChI is InChI=1S/C30H26BIN2O9/c1-41-25-12-16(11-23(32)28(25)35)24-14-21-26-22(29(36)33(30(26)37)18-6-5-7-19(13-18)34(39)40)10-17(27(21)31(38)43-24)15-42-20-8-3-2-4-9-20/h2-9,11-13,21-22,24,26,35,38H,10,14-15H2,1H3/t21-,22-,24-,26+/m0/s1. The number of nitro groups is 1. The van der Waals surface area contributed by atoms with Crippen LogP contribution >= 0.6 is 22.6 Å². The summed E-state index contributed by atoms with van der Waals surface area (Å²) in [5.41, 5.74) is 1.70. The summed E-state index contributed by atoms with van der Waals surface area (Å²) in [5, 5.41) is 33.2.